The molecule has 6 nitrogen and oxygen atoms in total. The number of aryl methyl sites for hydroxylation is 1. The number of hydrogen-bond donors (Lipinski definition) is 1. The van der Waals surface area contributed by atoms with E-state index in [4.69, 9.17) is 21.8 Å². The first-order valence-corrected chi connectivity index (χ1v) is 11.4. The van der Waals surface area contributed by atoms with Crippen molar-refractivity contribution < 1.29 is 9.90 Å². The Morgan fingerprint density at radius 1 is 1.24 bits per heavy atom. The molecule has 7 heteroatoms. The lowest BCUT2D eigenvalue weighted by molar-refractivity contribution is -0.135. The van der Waals surface area contributed by atoms with Crippen LogP contribution in [0.2, 0.25) is 5.02 Å². The van der Waals surface area contributed by atoms with Crippen LogP contribution in [-0.4, -0.2) is 26.2 Å². The second kappa shape index (κ2) is 7.92. The number of imidazole rings is 1. The maximum absolute atomic E-state index is 13.8. The normalized spacial score (nSPS) is 23.2. The Bertz CT molecular complexity index is 1370. The van der Waals surface area contributed by atoms with Gasteiger partial charge in [-0.05, 0) is 43.2 Å². The standard InChI is InChI=1S/C26H23ClN4O2/c1-2-11-25(33)16-26(17-25)19-7-3-4-8-21(19)31(24(26)32)15-23-29-20-14-18(27)9-10-22(20)30(23)13-6-5-12-28/h3-4,7-10,14,33H,5-6,13,15-17H2,1H3. The number of carbonyl (C=O) groups excluding carboxylic acids is 1. The van der Waals surface area contributed by atoms with E-state index in [1.807, 2.05) is 42.5 Å². The van der Waals surface area contributed by atoms with E-state index in [-0.39, 0.29) is 5.91 Å². The third-order valence-corrected chi connectivity index (χ3v) is 6.91. The van der Waals surface area contributed by atoms with Crippen LogP contribution >= 0.6 is 11.6 Å². The fraction of sp³-hybridized carbons (Fsp3) is 0.346. The molecule has 33 heavy (non-hydrogen) atoms. The summed E-state index contributed by atoms with van der Waals surface area (Å²) < 4.78 is 2.07. The van der Waals surface area contributed by atoms with E-state index >= 15 is 0 Å². The van der Waals surface area contributed by atoms with Crippen molar-refractivity contribution in [3.8, 4) is 17.9 Å². The average Bonchev–Trinajstić information content (AvgIpc) is 3.22. The molecule has 2 aromatic carbocycles. The Kier molecular flexibility index (Phi) is 5.16. The molecule has 1 saturated carbocycles. The van der Waals surface area contributed by atoms with Crippen LogP contribution in [0.3, 0.4) is 0 Å². The molecule has 1 spiro atoms. The smallest absolute Gasteiger partial charge is 0.238 e. The maximum atomic E-state index is 13.8. The van der Waals surface area contributed by atoms with Crippen molar-refractivity contribution in [2.24, 2.45) is 0 Å². The van der Waals surface area contributed by atoms with Gasteiger partial charge in [0.1, 0.15) is 11.4 Å². The molecule has 1 fully saturated rings. The topological polar surface area (TPSA) is 82.2 Å². The van der Waals surface area contributed by atoms with Crippen LogP contribution in [0, 0.1) is 23.2 Å². The lowest BCUT2D eigenvalue weighted by Gasteiger charge is -2.47. The molecule has 1 N–H and O–H groups in total. The molecule has 1 aliphatic carbocycles. The summed E-state index contributed by atoms with van der Waals surface area (Å²) in [5, 5.41) is 20.3. The summed E-state index contributed by atoms with van der Waals surface area (Å²) in [7, 11) is 0. The highest BCUT2D eigenvalue weighted by atomic mass is 35.5. The van der Waals surface area contributed by atoms with E-state index in [0.29, 0.717) is 43.8 Å². The monoisotopic (exact) mass is 458 g/mol. The molecule has 0 atom stereocenters. The molecule has 0 saturated heterocycles. The highest BCUT2D eigenvalue weighted by Crippen LogP contribution is 2.57. The summed E-state index contributed by atoms with van der Waals surface area (Å²) in [5.41, 5.74) is 1.60. The number of fused-ring (bicyclic) bond motifs is 3. The molecule has 1 aliphatic heterocycles. The number of nitrogens with zero attached hydrogens (tertiary/aromatic N) is 4. The predicted octanol–water partition coefficient (Wildman–Crippen LogP) is 4.33. The summed E-state index contributed by atoms with van der Waals surface area (Å²) in [6, 6.07) is 15.5. The Labute approximate surface area is 197 Å². The predicted molar refractivity (Wildman–Crippen MR) is 127 cm³/mol. The van der Waals surface area contributed by atoms with Gasteiger partial charge in [-0.3, -0.25) is 4.79 Å². The number of halogens is 1. The van der Waals surface area contributed by atoms with Crippen LogP contribution in [0.15, 0.2) is 42.5 Å². The second-order valence-electron chi connectivity index (χ2n) is 8.83. The molecule has 1 amide bonds. The first kappa shape index (κ1) is 21.5. The summed E-state index contributed by atoms with van der Waals surface area (Å²) >= 11 is 6.19. The Hall–Kier alpha value is -3.32. The zero-order valence-corrected chi connectivity index (χ0v) is 19.1. The summed E-state index contributed by atoms with van der Waals surface area (Å²) in [4.78, 5) is 20.3. The van der Waals surface area contributed by atoms with E-state index in [1.54, 1.807) is 11.8 Å². The van der Waals surface area contributed by atoms with E-state index in [2.05, 4.69) is 22.5 Å². The molecular weight excluding hydrogens is 436 g/mol. The van der Waals surface area contributed by atoms with Gasteiger partial charge in [0.2, 0.25) is 5.91 Å². The SMILES string of the molecule is CC#CC1(O)CC2(C1)C(=O)N(Cc1nc3cc(Cl)ccc3n1CCCC#N)c1ccccc12. The van der Waals surface area contributed by atoms with Crippen molar-refractivity contribution in [1.29, 1.82) is 5.26 Å². The highest BCUT2D eigenvalue weighted by Gasteiger charge is 2.63. The number of anilines is 1. The van der Waals surface area contributed by atoms with Crippen molar-refractivity contribution in [3.63, 3.8) is 0 Å². The number of amides is 1. The number of nitriles is 1. The molecular formula is C26H23ClN4O2. The van der Waals surface area contributed by atoms with Gasteiger partial charge in [0.05, 0.1) is 29.1 Å². The van der Waals surface area contributed by atoms with Crippen LogP contribution in [-0.2, 0) is 23.3 Å². The fourth-order valence-electron chi connectivity index (χ4n) is 5.34. The number of aromatic nitrogens is 2. The lowest BCUT2D eigenvalue weighted by atomic mass is 9.56. The minimum Gasteiger partial charge on any atom is -0.378 e. The third-order valence-electron chi connectivity index (χ3n) is 6.67. The summed E-state index contributed by atoms with van der Waals surface area (Å²) in [6.45, 7) is 2.62. The number of para-hydroxylation sites is 1. The maximum Gasteiger partial charge on any atom is 0.238 e. The van der Waals surface area contributed by atoms with Crippen LogP contribution in [0.25, 0.3) is 11.0 Å². The molecule has 166 valence electrons. The summed E-state index contributed by atoms with van der Waals surface area (Å²) in [6.07, 6.45) is 1.72. The Morgan fingerprint density at radius 3 is 2.79 bits per heavy atom. The molecule has 2 aliphatic rings. The van der Waals surface area contributed by atoms with Gasteiger partial charge in [-0.2, -0.15) is 5.26 Å². The van der Waals surface area contributed by atoms with Crippen molar-refractivity contribution in [2.45, 2.75) is 56.7 Å². The molecule has 5 rings (SSSR count). The number of carbonyl (C=O) groups is 1. The van der Waals surface area contributed by atoms with Gasteiger partial charge in [0.25, 0.3) is 0 Å². The third kappa shape index (κ3) is 3.38. The van der Waals surface area contributed by atoms with Crippen molar-refractivity contribution in [3.05, 3.63) is 58.9 Å². The van der Waals surface area contributed by atoms with Gasteiger partial charge in [-0.25, -0.2) is 4.98 Å². The van der Waals surface area contributed by atoms with Crippen molar-refractivity contribution >= 4 is 34.2 Å². The first-order chi connectivity index (χ1) is 15.9. The van der Waals surface area contributed by atoms with Gasteiger partial charge in [-0.1, -0.05) is 35.7 Å². The number of aliphatic hydroxyl groups is 1. The van der Waals surface area contributed by atoms with Crippen LogP contribution in [0.1, 0.15) is 44.0 Å². The summed E-state index contributed by atoms with van der Waals surface area (Å²) in [5.74, 6) is 6.37. The first-order valence-electron chi connectivity index (χ1n) is 11.0. The van der Waals surface area contributed by atoms with E-state index in [9.17, 15) is 9.90 Å². The molecule has 1 aromatic heterocycles. The number of rotatable bonds is 5. The van der Waals surface area contributed by atoms with E-state index in [0.717, 1.165) is 28.1 Å². The van der Waals surface area contributed by atoms with Crippen molar-refractivity contribution in [1.82, 2.24) is 9.55 Å². The van der Waals surface area contributed by atoms with Gasteiger partial charge < -0.3 is 14.6 Å². The van der Waals surface area contributed by atoms with Crippen molar-refractivity contribution in [2.75, 3.05) is 4.90 Å². The average molecular weight is 459 g/mol. The van der Waals surface area contributed by atoms with Crippen LogP contribution < -0.4 is 4.90 Å². The molecule has 0 bridgehead atoms. The highest BCUT2D eigenvalue weighted by molar-refractivity contribution is 6.31. The van der Waals surface area contributed by atoms with Gasteiger partial charge in [-0.15, -0.1) is 5.92 Å². The van der Waals surface area contributed by atoms with Gasteiger partial charge in [0, 0.05) is 36.5 Å². The zero-order valence-electron chi connectivity index (χ0n) is 18.3. The lowest BCUT2D eigenvalue weighted by Crippen LogP contribution is -2.58. The largest absolute Gasteiger partial charge is 0.378 e. The second-order valence-corrected chi connectivity index (χ2v) is 9.26. The zero-order chi connectivity index (χ0) is 23.2. The Balaban J connectivity index is 1.53. The minimum absolute atomic E-state index is 0.0278. The van der Waals surface area contributed by atoms with Gasteiger partial charge in [0.15, 0.2) is 0 Å². The molecule has 3 aromatic rings. The van der Waals surface area contributed by atoms with Crippen LogP contribution in [0.4, 0.5) is 5.69 Å². The molecule has 0 unspecified atom stereocenters. The Morgan fingerprint density at radius 2 is 2.03 bits per heavy atom. The number of hydrogen-bond acceptors (Lipinski definition) is 4. The minimum atomic E-state index is -1.13. The fourth-order valence-corrected chi connectivity index (χ4v) is 5.51. The van der Waals surface area contributed by atoms with E-state index in [1.165, 1.54) is 0 Å². The number of unbranched alkanes of at least 4 members (excludes halogenated alkanes) is 1. The van der Waals surface area contributed by atoms with Crippen LogP contribution in [0.5, 0.6) is 0 Å². The quantitative estimate of drug-likeness (QED) is 0.455. The number of benzene rings is 2. The molecule has 0 radical (unpaired) electrons. The van der Waals surface area contributed by atoms with E-state index < -0.39 is 11.0 Å². The molecule has 2 heterocycles. The van der Waals surface area contributed by atoms with Gasteiger partial charge >= 0.3 is 0 Å².